The Balaban J connectivity index is 1.88. The first-order chi connectivity index (χ1) is 6.86. The van der Waals surface area contributed by atoms with Gasteiger partial charge in [0.25, 0.3) is 0 Å². The lowest BCUT2D eigenvalue weighted by atomic mass is 10.2. The average molecular weight is 210 g/mol. The minimum Gasteiger partial charge on any atom is -0.340 e. The zero-order chi connectivity index (χ0) is 9.80. The van der Waals surface area contributed by atoms with Crippen LogP contribution in [0.15, 0.2) is 16.8 Å². The van der Waals surface area contributed by atoms with Gasteiger partial charge >= 0.3 is 0 Å². The number of carbonyl (C=O) groups excluding carboxylic acids is 1. The summed E-state index contributed by atoms with van der Waals surface area (Å²) in [5.74, 6) is 0.255. The van der Waals surface area contributed by atoms with Crippen molar-refractivity contribution < 1.29 is 4.79 Å². The minimum absolute atomic E-state index is 0.255. The van der Waals surface area contributed by atoms with E-state index in [0.29, 0.717) is 6.42 Å². The zero-order valence-corrected chi connectivity index (χ0v) is 8.85. The van der Waals surface area contributed by atoms with Crippen LogP contribution in [0.2, 0.25) is 0 Å². The monoisotopic (exact) mass is 210 g/mol. The molecule has 14 heavy (non-hydrogen) atoms. The van der Waals surface area contributed by atoms with Gasteiger partial charge in [0.05, 0.1) is 6.42 Å². The molecule has 1 saturated heterocycles. The Bertz CT molecular complexity index is 291. The highest BCUT2D eigenvalue weighted by Crippen LogP contribution is 2.08. The van der Waals surface area contributed by atoms with Gasteiger partial charge in [0.2, 0.25) is 5.91 Å². The van der Waals surface area contributed by atoms with Crippen LogP contribution in [0.25, 0.3) is 0 Å². The van der Waals surface area contributed by atoms with Crippen molar-refractivity contribution in [2.45, 2.75) is 6.42 Å². The second kappa shape index (κ2) is 4.57. The highest BCUT2D eigenvalue weighted by atomic mass is 32.1. The largest absolute Gasteiger partial charge is 0.340 e. The van der Waals surface area contributed by atoms with E-state index in [2.05, 4.69) is 5.32 Å². The van der Waals surface area contributed by atoms with Crippen molar-refractivity contribution in [2.75, 3.05) is 26.2 Å². The van der Waals surface area contributed by atoms with E-state index in [1.807, 2.05) is 21.7 Å². The molecule has 1 fully saturated rings. The van der Waals surface area contributed by atoms with E-state index in [0.717, 1.165) is 31.7 Å². The van der Waals surface area contributed by atoms with Crippen LogP contribution in [0, 0.1) is 0 Å². The molecule has 76 valence electrons. The molecule has 0 aromatic carbocycles. The van der Waals surface area contributed by atoms with Gasteiger partial charge in [-0.3, -0.25) is 4.79 Å². The molecule has 0 spiro atoms. The molecule has 1 aromatic rings. The smallest absolute Gasteiger partial charge is 0.227 e. The molecule has 3 nitrogen and oxygen atoms in total. The molecule has 0 atom stereocenters. The maximum Gasteiger partial charge on any atom is 0.227 e. The van der Waals surface area contributed by atoms with E-state index < -0.39 is 0 Å². The van der Waals surface area contributed by atoms with Crippen LogP contribution in [0.3, 0.4) is 0 Å². The van der Waals surface area contributed by atoms with E-state index in [-0.39, 0.29) is 5.91 Å². The molecule has 0 aliphatic carbocycles. The third-order valence-electron chi connectivity index (χ3n) is 2.41. The van der Waals surface area contributed by atoms with Crippen molar-refractivity contribution in [1.82, 2.24) is 10.2 Å². The summed E-state index contributed by atoms with van der Waals surface area (Å²) in [7, 11) is 0. The summed E-state index contributed by atoms with van der Waals surface area (Å²) < 4.78 is 0. The second-order valence-corrected chi connectivity index (χ2v) is 4.22. The Kier molecular flexibility index (Phi) is 3.16. The van der Waals surface area contributed by atoms with Gasteiger partial charge in [-0.2, -0.15) is 11.3 Å². The Labute approximate surface area is 87.7 Å². The van der Waals surface area contributed by atoms with Crippen molar-refractivity contribution in [1.29, 1.82) is 0 Å². The maximum atomic E-state index is 11.8. The lowest BCUT2D eigenvalue weighted by Crippen LogP contribution is -2.46. The highest BCUT2D eigenvalue weighted by molar-refractivity contribution is 7.07. The fourth-order valence-corrected chi connectivity index (χ4v) is 2.26. The molecule has 1 amide bonds. The van der Waals surface area contributed by atoms with Crippen LogP contribution in [-0.2, 0) is 11.2 Å². The molecule has 1 N–H and O–H groups in total. The molecule has 1 aromatic heterocycles. The first-order valence-electron chi connectivity index (χ1n) is 4.86. The van der Waals surface area contributed by atoms with Gasteiger partial charge in [-0.25, -0.2) is 0 Å². The summed E-state index contributed by atoms with van der Waals surface area (Å²) in [4.78, 5) is 13.7. The summed E-state index contributed by atoms with van der Waals surface area (Å²) in [6.07, 6.45) is 0.559. The Hall–Kier alpha value is -0.870. The Morgan fingerprint density at radius 1 is 1.50 bits per heavy atom. The number of hydrogen-bond acceptors (Lipinski definition) is 3. The van der Waals surface area contributed by atoms with Gasteiger partial charge in [0.15, 0.2) is 0 Å². The average Bonchev–Trinajstić information content (AvgIpc) is 2.72. The van der Waals surface area contributed by atoms with E-state index in [1.54, 1.807) is 11.3 Å². The maximum absolute atomic E-state index is 11.8. The van der Waals surface area contributed by atoms with Crippen molar-refractivity contribution >= 4 is 17.2 Å². The molecule has 1 aliphatic rings. The minimum atomic E-state index is 0.255. The molecular formula is C10H14N2OS. The van der Waals surface area contributed by atoms with Crippen LogP contribution >= 0.6 is 11.3 Å². The summed E-state index contributed by atoms with van der Waals surface area (Å²) in [6, 6.07) is 2.02. The van der Waals surface area contributed by atoms with Crippen LogP contribution in [0.4, 0.5) is 0 Å². The van der Waals surface area contributed by atoms with Gasteiger partial charge in [0, 0.05) is 26.2 Å². The topological polar surface area (TPSA) is 32.3 Å². The summed E-state index contributed by atoms with van der Waals surface area (Å²) in [6.45, 7) is 3.55. The number of nitrogens with one attached hydrogen (secondary N) is 1. The first kappa shape index (κ1) is 9.68. The molecule has 2 rings (SSSR count). The quantitative estimate of drug-likeness (QED) is 0.780. The molecule has 1 aliphatic heterocycles. The number of rotatable bonds is 2. The second-order valence-electron chi connectivity index (χ2n) is 3.44. The molecule has 4 heteroatoms. The third kappa shape index (κ3) is 2.33. The number of carbonyl (C=O) groups is 1. The fraction of sp³-hybridized carbons (Fsp3) is 0.500. The predicted octanol–water partition coefficient (Wildman–Crippen LogP) is 0.722. The molecule has 0 saturated carbocycles. The van der Waals surface area contributed by atoms with Crippen molar-refractivity contribution in [2.24, 2.45) is 0 Å². The van der Waals surface area contributed by atoms with Gasteiger partial charge < -0.3 is 10.2 Å². The standard InChI is InChI=1S/C10H14N2OS/c13-10(7-9-1-6-14-8-9)12-4-2-11-3-5-12/h1,6,8,11H,2-5,7H2. The van der Waals surface area contributed by atoms with Crippen molar-refractivity contribution in [3.05, 3.63) is 22.4 Å². The van der Waals surface area contributed by atoms with Gasteiger partial charge in [-0.15, -0.1) is 0 Å². The summed E-state index contributed by atoms with van der Waals surface area (Å²) in [5.41, 5.74) is 1.14. The number of piperazine rings is 1. The van der Waals surface area contributed by atoms with Gasteiger partial charge in [0.1, 0.15) is 0 Å². The molecular weight excluding hydrogens is 196 g/mol. The summed E-state index contributed by atoms with van der Waals surface area (Å²) >= 11 is 1.65. The molecule has 0 bridgehead atoms. The third-order valence-corrected chi connectivity index (χ3v) is 3.14. The van der Waals surface area contributed by atoms with Crippen molar-refractivity contribution in [3.63, 3.8) is 0 Å². The van der Waals surface area contributed by atoms with Gasteiger partial charge in [-0.1, -0.05) is 0 Å². The van der Waals surface area contributed by atoms with E-state index in [9.17, 15) is 4.79 Å². The number of hydrogen-bond donors (Lipinski definition) is 1. The SMILES string of the molecule is O=C(Cc1ccsc1)N1CCNCC1. The van der Waals surface area contributed by atoms with Crippen LogP contribution in [-0.4, -0.2) is 37.0 Å². The molecule has 0 unspecified atom stereocenters. The Morgan fingerprint density at radius 2 is 2.29 bits per heavy atom. The fourth-order valence-electron chi connectivity index (χ4n) is 1.59. The lowest BCUT2D eigenvalue weighted by Gasteiger charge is -2.27. The predicted molar refractivity (Wildman–Crippen MR) is 57.5 cm³/mol. The number of amides is 1. The van der Waals surface area contributed by atoms with Crippen LogP contribution < -0.4 is 5.32 Å². The zero-order valence-electron chi connectivity index (χ0n) is 8.03. The Morgan fingerprint density at radius 3 is 2.93 bits per heavy atom. The highest BCUT2D eigenvalue weighted by Gasteiger charge is 2.15. The van der Waals surface area contributed by atoms with E-state index in [1.165, 1.54) is 0 Å². The summed E-state index contributed by atoms with van der Waals surface area (Å²) in [5, 5.41) is 7.29. The van der Waals surface area contributed by atoms with E-state index >= 15 is 0 Å². The lowest BCUT2D eigenvalue weighted by molar-refractivity contribution is -0.131. The first-order valence-corrected chi connectivity index (χ1v) is 5.80. The molecule has 2 heterocycles. The van der Waals surface area contributed by atoms with Crippen LogP contribution in [0.5, 0.6) is 0 Å². The van der Waals surface area contributed by atoms with Crippen molar-refractivity contribution in [3.8, 4) is 0 Å². The van der Waals surface area contributed by atoms with Crippen LogP contribution in [0.1, 0.15) is 5.56 Å². The molecule has 0 radical (unpaired) electrons. The van der Waals surface area contributed by atoms with Gasteiger partial charge in [-0.05, 0) is 22.4 Å². The normalized spacial score (nSPS) is 17.0. The number of thiophene rings is 1. The number of nitrogens with zero attached hydrogens (tertiary/aromatic N) is 1. The van der Waals surface area contributed by atoms with E-state index in [4.69, 9.17) is 0 Å².